The number of carbonyl (C=O) groups is 3. The lowest BCUT2D eigenvalue weighted by Gasteiger charge is -2.26. The van der Waals surface area contributed by atoms with E-state index in [0.717, 1.165) is 39.4 Å². The van der Waals surface area contributed by atoms with Crippen LogP contribution in [0.4, 0.5) is 16.2 Å². The zero-order valence-corrected chi connectivity index (χ0v) is 21.0. The molecule has 0 fully saturated rings. The summed E-state index contributed by atoms with van der Waals surface area (Å²) in [7, 11) is 0. The molecular weight excluding hydrogens is 462 g/mol. The van der Waals surface area contributed by atoms with Gasteiger partial charge < -0.3 is 10.6 Å². The minimum absolute atomic E-state index is 0.0755. The highest BCUT2D eigenvalue weighted by atomic mass is 16.2. The molecule has 1 aliphatic carbocycles. The van der Waals surface area contributed by atoms with E-state index in [1.807, 2.05) is 73.7 Å². The van der Waals surface area contributed by atoms with E-state index in [9.17, 15) is 14.4 Å². The number of anilines is 2. The van der Waals surface area contributed by atoms with Crippen LogP contribution < -0.4 is 26.0 Å². The SMILES string of the molecule is CCCNC(=O)NCCC1=c2c(ccc3c2=CC(=O)N3c2ccccc2)CC(C(=O)c2ccccc2)C1. The lowest BCUT2D eigenvalue weighted by molar-refractivity contribution is -0.112. The molecule has 0 saturated heterocycles. The fourth-order valence-corrected chi connectivity index (χ4v) is 5.35. The monoisotopic (exact) mass is 493 g/mol. The van der Waals surface area contributed by atoms with Crippen LogP contribution in [0.1, 0.15) is 42.1 Å². The van der Waals surface area contributed by atoms with Crippen LogP contribution in [0.2, 0.25) is 0 Å². The topological polar surface area (TPSA) is 78.5 Å². The molecule has 2 N–H and O–H groups in total. The quantitative estimate of drug-likeness (QED) is 0.468. The molecule has 3 aromatic rings. The molecule has 2 aliphatic rings. The maximum Gasteiger partial charge on any atom is 0.314 e. The number of fused-ring (bicyclic) bond motifs is 3. The Bertz CT molecular complexity index is 1450. The summed E-state index contributed by atoms with van der Waals surface area (Å²) in [6.45, 7) is 3.09. The zero-order valence-electron chi connectivity index (χ0n) is 21.0. The molecule has 6 nitrogen and oxygen atoms in total. The summed E-state index contributed by atoms with van der Waals surface area (Å²) < 4.78 is 0. The molecular formula is C31H31N3O3. The average molecular weight is 494 g/mol. The van der Waals surface area contributed by atoms with Gasteiger partial charge in [-0.2, -0.15) is 0 Å². The number of urea groups is 1. The number of nitrogens with zero attached hydrogens (tertiary/aromatic N) is 1. The van der Waals surface area contributed by atoms with Gasteiger partial charge in [0.05, 0.1) is 5.69 Å². The van der Waals surface area contributed by atoms with Crippen molar-refractivity contribution in [2.75, 3.05) is 18.0 Å². The Balaban J connectivity index is 1.53. The van der Waals surface area contributed by atoms with Crippen molar-refractivity contribution in [3.05, 3.63) is 94.4 Å². The molecule has 1 aliphatic heterocycles. The predicted octanol–water partition coefficient (Wildman–Crippen LogP) is 3.84. The van der Waals surface area contributed by atoms with Crippen molar-refractivity contribution < 1.29 is 14.4 Å². The first-order chi connectivity index (χ1) is 18.1. The zero-order chi connectivity index (χ0) is 25.8. The summed E-state index contributed by atoms with van der Waals surface area (Å²) in [6.07, 6.45) is 4.41. The molecule has 37 heavy (non-hydrogen) atoms. The Hall–Kier alpha value is -4.19. The van der Waals surface area contributed by atoms with E-state index in [4.69, 9.17) is 0 Å². The molecule has 0 bridgehead atoms. The number of carbonyl (C=O) groups excluding carboxylic acids is 3. The van der Waals surface area contributed by atoms with E-state index in [-0.39, 0.29) is 23.6 Å². The molecule has 0 radical (unpaired) electrons. The second-order valence-electron chi connectivity index (χ2n) is 9.56. The maximum atomic E-state index is 13.4. The largest absolute Gasteiger partial charge is 0.338 e. The normalized spacial score (nSPS) is 16.0. The van der Waals surface area contributed by atoms with E-state index < -0.39 is 0 Å². The summed E-state index contributed by atoms with van der Waals surface area (Å²) >= 11 is 0. The van der Waals surface area contributed by atoms with Crippen LogP contribution in [0.5, 0.6) is 0 Å². The minimum atomic E-state index is -0.189. The van der Waals surface area contributed by atoms with Crippen molar-refractivity contribution in [3.63, 3.8) is 0 Å². The van der Waals surface area contributed by atoms with Gasteiger partial charge in [0.2, 0.25) is 0 Å². The van der Waals surface area contributed by atoms with Crippen molar-refractivity contribution >= 4 is 40.7 Å². The Morgan fingerprint density at radius 1 is 0.892 bits per heavy atom. The van der Waals surface area contributed by atoms with Gasteiger partial charge in [-0.25, -0.2) is 4.79 Å². The number of amides is 3. The highest BCUT2D eigenvalue weighted by Gasteiger charge is 2.30. The van der Waals surface area contributed by atoms with Gasteiger partial charge in [0.1, 0.15) is 0 Å². The number of hydrogen-bond donors (Lipinski definition) is 2. The second-order valence-corrected chi connectivity index (χ2v) is 9.56. The summed E-state index contributed by atoms with van der Waals surface area (Å²) in [4.78, 5) is 40.4. The standard InChI is InChI=1S/C31H31N3O3/c1-2-16-32-31(37)33-17-15-23-19-24(30(36)21-9-5-3-6-10-21)18-22-13-14-27-26(29(22)23)20-28(35)34(27)25-11-7-4-8-12-25/h3-14,20,24H,2,15-19H2,1H3,(H2,32,33,37). The summed E-state index contributed by atoms with van der Waals surface area (Å²) in [5.41, 5.74) is 4.57. The van der Waals surface area contributed by atoms with Crippen LogP contribution in [-0.2, 0) is 11.2 Å². The summed E-state index contributed by atoms with van der Waals surface area (Å²) in [5.74, 6) is -0.128. The first-order valence-corrected chi connectivity index (χ1v) is 12.9. The van der Waals surface area contributed by atoms with E-state index in [1.54, 1.807) is 11.0 Å². The van der Waals surface area contributed by atoms with Gasteiger partial charge in [0.25, 0.3) is 5.91 Å². The fourth-order valence-electron chi connectivity index (χ4n) is 5.35. The van der Waals surface area contributed by atoms with Crippen molar-refractivity contribution in [1.29, 1.82) is 0 Å². The van der Waals surface area contributed by atoms with Gasteiger partial charge in [-0.05, 0) is 54.7 Å². The fraction of sp³-hybridized carbons (Fsp3) is 0.258. The van der Waals surface area contributed by atoms with Crippen LogP contribution >= 0.6 is 0 Å². The van der Waals surface area contributed by atoms with Crippen molar-refractivity contribution in [2.45, 2.75) is 32.6 Å². The van der Waals surface area contributed by atoms with Gasteiger partial charge in [0.15, 0.2) is 5.78 Å². The molecule has 6 heteroatoms. The van der Waals surface area contributed by atoms with Crippen molar-refractivity contribution in [1.82, 2.24) is 10.6 Å². The lowest BCUT2D eigenvalue weighted by atomic mass is 9.79. The average Bonchev–Trinajstić information content (AvgIpc) is 3.27. The number of hydrogen-bond acceptors (Lipinski definition) is 3. The molecule has 5 rings (SSSR count). The molecule has 188 valence electrons. The Labute approximate surface area is 216 Å². The smallest absolute Gasteiger partial charge is 0.314 e. The van der Waals surface area contributed by atoms with Crippen LogP contribution in [0.25, 0.3) is 11.6 Å². The van der Waals surface area contributed by atoms with Crippen LogP contribution in [-0.4, -0.2) is 30.8 Å². The highest BCUT2D eigenvalue weighted by Crippen LogP contribution is 2.30. The first kappa shape index (κ1) is 24.5. The van der Waals surface area contributed by atoms with Gasteiger partial charge in [0, 0.05) is 41.6 Å². The van der Waals surface area contributed by atoms with E-state index >= 15 is 0 Å². The Morgan fingerprint density at radius 2 is 1.59 bits per heavy atom. The third-order valence-corrected chi connectivity index (χ3v) is 7.04. The molecule has 1 heterocycles. The number of nitrogens with one attached hydrogen (secondary N) is 2. The number of Topliss-reactive ketones (excluding diaryl/α,β-unsaturated/α-hetero) is 1. The predicted molar refractivity (Wildman–Crippen MR) is 146 cm³/mol. The van der Waals surface area contributed by atoms with Gasteiger partial charge in [-0.3, -0.25) is 14.5 Å². The minimum Gasteiger partial charge on any atom is -0.338 e. The number of ketones is 1. The maximum absolute atomic E-state index is 13.4. The van der Waals surface area contributed by atoms with Gasteiger partial charge in [-0.1, -0.05) is 67.1 Å². The molecule has 0 aromatic heterocycles. The molecule has 0 saturated carbocycles. The van der Waals surface area contributed by atoms with Crippen LogP contribution in [0.3, 0.4) is 0 Å². The van der Waals surface area contributed by atoms with E-state index in [2.05, 4.69) is 16.7 Å². The molecule has 3 amide bonds. The second kappa shape index (κ2) is 10.8. The Morgan fingerprint density at radius 3 is 2.32 bits per heavy atom. The van der Waals surface area contributed by atoms with Crippen molar-refractivity contribution in [2.24, 2.45) is 5.92 Å². The third-order valence-electron chi connectivity index (χ3n) is 7.04. The number of rotatable bonds is 8. The lowest BCUT2D eigenvalue weighted by Crippen LogP contribution is -2.40. The number of benzene rings is 3. The molecule has 1 unspecified atom stereocenters. The highest BCUT2D eigenvalue weighted by molar-refractivity contribution is 6.22. The first-order valence-electron chi connectivity index (χ1n) is 12.9. The van der Waals surface area contributed by atoms with E-state index in [1.165, 1.54) is 0 Å². The summed E-state index contributed by atoms with van der Waals surface area (Å²) in [6, 6.07) is 22.9. The van der Waals surface area contributed by atoms with Crippen LogP contribution in [0.15, 0.2) is 72.8 Å². The van der Waals surface area contributed by atoms with Crippen molar-refractivity contribution in [3.8, 4) is 0 Å². The molecule has 0 spiro atoms. The summed E-state index contributed by atoms with van der Waals surface area (Å²) in [5, 5.41) is 7.74. The molecule has 1 atom stereocenters. The van der Waals surface area contributed by atoms with Gasteiger partial charge >= 0.3 is 6.03 Å². The Kier molecular flexibility index (Phi) is 7.17. The van der Waals surface area contributed by atoms with Crippen LogP contribution in [0, 0.1) is 5.92 Å². The third kappa shape index (κ3) is 5.05. The van der Waals surface area contributed by atoms with Gasteiger partial charge in [-0.15, -0.1) is 0 Å². The number of para-hydroxylation sites is 1. The molecule has 3 aromatic carbocycles. The van der Waals surface area contributed by atoms with E-state index in [0.29, 0.717) is 37.9 Å².